The highest BCUT2D eigenvalue weighted by Gasteiger charge is 2.14. The number of ether oxygens (including phenoxy) is 2. The highest BCUT2D eigenvalue weighted by Crippen LogP contribution is 2.35. The van der Waals surface area contributed by atoms with Gasteiger partial charge in [0, 0.05) is 16.3 Å². The van der Waals surface area contributed by atoms with E-state index in [2.05, 4.69) is 15.3 Å². The van der Waals surface area contributed by atoms with E-state index in [4.69, 9.17) is 9.47 Å². The van der Waals surface area contributed by atoms with Crippen LogP contribution in [0, 0.1) is 0 Å². The summed E-state index contributed by atoms with van der Waals surface area (Å²) >= 11 is 2.71. The van der Waals surface area contributed by atoms with Crippen LogP contribution in [0.25, 0.3) is 11.3 Å². The molecule has 0 saturated carbocycles. The van der Waals surface area contributed by atoms with Gasteiger partial charge in [-0.15, -0.1) is 22.7 Å². The summed E-state index contributed by atoms with van der Waals surface area (Å²) in [6, 6.07) is 5.49. The average molecular weight is 347 g/mol. The van der Waals surface area contributed by atoms with E-state index < -0.39 is 0 Å². The van der Waals surface area contributed by atoms with Gasteiger partial charge in [0.25, 0.3) is 5.91 Å². The van der Waals surface area contributed by atoms with Crippen molar-refractivity contribution in [2.24, 2.45) is 0 Å². The van der Waals surface area contributed by atoms with Crippen molar-refractivity contribution >= 4 is 33.7 Å². The number of carbonyl (C=O) groups is 1. The van der Waals surface area contributed by atoms with Crippen molar-refractivity contribution in [3.05, 3.63) is 40.2 Å². The van der Waals surface area contributed by atoms with Crippen LogP contribution in [0.15, 0.2) is 34.5 Å². The second-order valence-electron chi connectivity index (χ2n) is 4.43. The molecule has 1 aromatic carbocycles. The SMILES string of the molecule is COc1ccc(OC)c(-c2csc(NC(=O)c3cscn3)n2)c1. The van der Waals surface area contributed by atoms with Crippen LogP contribution in [0.5, 0.6) is 11.5 Å². The van der Waals surface area contributed by atoms with E-state index >= 15 is 0 Å². The number of nitrogens with zero attached hydrogens (tertiary/aromatic N) is 2. The molecule has 3 aromatic rings. The van der Waals surface area contributed by atoms with Crippen LogP contribution in [0.3, 0.4) is 0 Å². The number of amides is 1. The number of methoxy groups -OCH3 is 2. The third-order valence-electron chi connectivity index (χ3n) is 3.07. The minimum atomic E-state index is -0.273. The standard InChI is InChI=1S/C15H13N3O3S2/c1-20-9-3-4-13(21-2)10(5-9)11-7-23-15(17-11)18-14(19)12-6-22-8-16-12/h3-8H,1-2H3,(H,17,18,19). The van der Waals surface area contributed by atoms with Crippen LogP contribution in [-0.2, 0) is 0 Å². The molecule has 0 aliphatic rings. The molecule has 0 fully saturated rings. The third kappa shape index (κ3) is 3.33. The molecule has 23 heavy (non-hydrogen) atoms. The molecular formula is C15H13N3O3S2. The number of carbonyl (C=O) groups excluding carboxylic acids is 1. The molecular weight excluding hydrogens is 334 g/mol. The van der Waals surface area contributed by atoms with E-state index in [9.17, 15) is 4.79 Å². The zero-order chi connectivity index (χ0) is 16.2. The average Bonchev–Trinajstić information content (AvgIpc) is 3.26. The van der Waals surface area contributed by atoms with E-state index in [1.165, 1.54) is 22.7 Å². The van der Waals surface area contributed by atoms with Gasteiger partial charge in [-0.1, -0.05) is 0 Å². The molecule has 3 rings (SSSR count). The van der Waals surface area contributed by atoms with Crippen LogP contribution >= 0.6 is 22.7 Å². The lowest BCUT2D eigenvalue weighted by atomic mass is 10.1. The minimum Gasteiger partial charge on any atom is -0.497 e. The number of rotatable bonds is 5. The Balaban J connectivity index is 1.86. The lowest BCUT2D eigenvalue weighted by Gasteiger charge is -2.08. The summed E-state index contributed by atoms with van der Waals surface area (Å²) in [5.74, 6) is 1.13. The second kappa shape index (κ2) is 6.76. The Morgan fingerprint density at radius 1 is 1.22 bits per heavy atom. The van der Waals surface area contributed by atoms with Gasteiger partial charge >= 0.3 is 0 Å². The van der Waals surface area contributed by atoms with Crippen LogP contribution < -0.4 is 14.8 Å². The largest absolute Gasteiger partial charge is 0.497 e. The molecule has 0 saturated heterocycles. The highest BCUT2D eigenvalue weighted by molar-refractivity contribution is 7.14. The molecule has 1 amide bonds. The summed E-state index contributed by atoms with van der Waals surface area (Å²) in [7, 11) is 3.20. The predicted molar refractivity (Wildman–Crippen MR) is 90.7 cm³/mol. The number of hydrogen-bond donors (Lipinski definition) is 1. The number of aromatic nitrogens is 2. The van der Waals surface area contributed by atoms with E-state index in [0.717, 1.165) is 5.56 Å². The van der Waals surface area contributed by atoms with Crippen molar-refractivity contribution in [1.29, 1.82) is 0 Å². The van der Waals surface area contributed by atoms with E-state index in [1.54, 1.807) is 25.1 Å². The van der Waals surface area contributed by atoms with E-state index in [-0.39, 0.29) is 5.91 Å². The number of anilines is 1. The topological polar surface area (TPSA) is 73.3 Å². The molecule has 0 atom stereocenters. The van der Waals surface area contributed by atoms with Gasteiger partial charge in [-0.3, -0.25) is 10.1 Å². The maximum absolute atomic E-state index is 12.0. The molecule has 0 aliphatic heterocycles. The monoisotopic (exact) mass is 347 g/mol. The zero-order valence-corrected chi connectivity index (χ0v) is 14.0. The summed E-state index contributed by atoms with van der Waals surface area (Å²) in [6.45, 7) is 0. The first-order valence-corrected chi connectivity index (χ1v) is 8.41. The van der Waals surface area contributed by atoms with Crippen molar-refractivity contribution in [3.8, 4) is 22.8 Å². The number of hydrogen-bond acceptors (Lipinski definition) is 7. The quantitative estimate of drug-likeness (QED) is 0.764. The van der Waals surface area contributed by atoms with Crippen molar-refractivity contribution in [3.63, 3.8) is 0 Å². The van der Waals surface area contributed by atoms with Crippen LogP contribution in [0.2, 0.25) is 0 Å². The van der Waals surface area contributed by atoms with E-state index in [1.807, 2.05) is 23.6 Å². The lowest BCUT2D eigenvalue weighted by molar-refractivity contribution is 0.102. The number of thiazole rings is 2. The summed E-state index contributed by atoms with van der Waals surface area (Å²) in [4.78, 5) is 20.4. The lowest BCUT2D eigenvalue weighted by Crippen LogP contribution is -2.11. The van der Waals surface area contributed by atoms with Gasteiger partial charge < -0.3 is 9.47 Å². The van der Waals surface area contributed by atoms with Gasteiger partial charge in [-0.25, -0.2) is 9.97 Å². The zero-order valence-electron chi connectivity index (χ0n) is 12.4. The van der Waals surface area contributed by atoms with Crippen molar-refractivity contribution in [2.75, 3.05) is 19.5 Å². The fraction of sp³-hybridized carbons (Fsp3) is 0.133. The molecule has 0 radical (unpaired) electrons. The van der Waals surface area contributed by atoms with Crippen molar-refractivity contribution < 1.29 is 14.3 Å². The highest BCUT2D eigenvalue weighted by atomic mass is 32.1. The molecule has 0 aliphatic carbocycles. The third-order valence-corrected chi connectivity index (χ3v) is 4.42. The Morgan fingerprint density at radius 2 is 2.09 bits per heavy atom. The summed E-state index contributed by atoms with van der Waals surface area (Å²) in [5, 5.41) is 6.79. The van der Waals surface area contributed by atoms with Gasteiger partial charge in [0.15, 0.2) is 5.13 Å². The fourth-order valence-corrected chi connectivity index (χ4v) is 3.19. The van der Waals surface area contributed by atoms with Gasteiger partial charge in [0.05, 0.1) is 25.4 Å². The van der Waals surface area contributed by atoms with Gasteiger partial charge in [0.2, 0.25) is 0 Å². The first-order valence-electron chi connectivity index (χ1n) is 6.58. The summed E-state index contributed by atoms with van der Waals surface area (Å²) in [5.41, 5.74) is 3.51. The molecule has 2 heterocycles. The smallest absolute Gasteiger partial charge is 0.276 e. The van der Waals surface area contributed by atoms with E-state index in [0.29, 0.717) is 28.0 Å². The minimum absolute atomic E-state index is 0.273. The van der Waals surface area contributed by atoms with Gasteiger partial charge in [-0.05, 0) is 18.2 Å². The summed E-state index contributed by atoms with van der Waals surface area (Å²) in [6.07, 6.45) is 0. The first kappa shape index (κ1) is 15.4. The van der Waals surface area contributed by atoms with Crippen molar-refractivity contribution in [1.82, 2.24) is 9.97 Å². The predicted octanol–water partition coefficient (Wildman–Crippen LogP) is 3.54. The second-order valence-corrected chi connectivity index (χ2v) is 6.01. The van der Waals surface area contributed by atoms with Crippen molar-refractivity contribution in [2.45, 2.75) is 0 Å². The molecule has 2 aromatic heterocycles. The number of nitrogens with one attached hydrogen (secondary N) is 1. The van der Waals surface area contributed by atoms with Gasteiger partial charge in [-0.2, -0.15) is 0 Å². The summed E-state index contributed by atoms with van der Waals surface area (Å²) < 4.78 is 10.6. The molecule has 118 valence electrons. The molecule has 0 spiro atoms. The molecule has 0 bridgehead atoms. The molecule has 1 N–H and O–H groups in total. The fourth-order valence-electron chi connectivity index (χ4n) is 1.95. The Hall–Kier alpha value is -2.45. The first-order chi connectivity index (χ1) is 11.2. The van der Waals surface area contributed by atoms with Crippen LogP contribution in [-0.4, -0.2) is 30.1 Å². The Bertz CT molecular complexity index is 815. The molecule has 6 nitrogen and oxygen atoms in total. The van der Waals surface area contributed by atoms with Gasteiger partial charge in [0.1, 0.15) is 17.2 Å². The molecule has 0 unspecified atom stereocenters. The van der Waals surface area contributed by atoms with Crippen LogP contribution in [0.4, 0.5) is 5.13 Å². The van der Waals surface area contributed by atoms with Crippen LogP contribution in [0.1, 0.15) is 10.5 Å². The Kier molecular flexibility index (Phi) is 4.54. The number of benzene rings is 1. The Morgan fingerprint density at radius 3 is 2.78 bits per heavy atom. The normalized spacial score (nSPS) is 10.3. The maximum atomic E-state index is 12.0. The maximum Gasteiger partial charge on any atom is 0.276 e. The Labute approximate surface area is 140 Å². The molecule has 8 heteroatoms.